The first kappa shape index (κ1) is 11.1. The van der Waals surface area contributed by atoms with Crippen LogP contribution < -0.4 is 0 Å². The lowest BCUT2D eigenvalue weighted by molar-refractivity contribution is -0.136. The summed E-state index contributed by atoms with van der Waals surface area (Å²) in [5.41, 5.74) is 0.666. The third-order valence-corrected chi connectivity index (χ3v) is 1.84. The van der Waals surface area contributed by atoms with Gasteiger partial charge in [-0.1, -0.05) is 30.3 Å². The van der Waals surface area contributed by atoms with Crippen LogP contribution in [0, 0.1) is 0 Å². The Morgan fingerprint density at radius 1 is 1.13 bits per heavy atom. The van der Waals surface area contributed by atoms with Gasteiger partial charge in [-0.2, -0.15) is 0 Å². The first-order valence-electron chi connectivity index (χ1n) is 4.31. The van der Waals surface area contributed by atoms with E-state index >= 15 is 0 Å². The van der Waals surface area contributed by atoms with Gasteiger partial charge >= 0.3 is 5.97 Å². The molecule has 0 atom stereocenters. The quantitative estimate of drug-likeness (QED) is 0.604. The number of aliphatic carboxylic acids is 1. The lowest BCUT2D eigenvalue weighted by atomic mass is 10.1. The zero-order chi connectivity index (χ0) is 11.3. The summed E-state index contributed by atoms with van der Waals surface area (Å²) in [6.45, 7) is 0. The molecule has 0 heterocycles. The van der Waals surface area contributed by atoms with Gasteiger partial charge in [-0.15, -0.1) is 0 Å². The Morgan fingerprint density at radius 2 is 1.73 bits per heavy atom. The fourth-order valence-electron chi connectivity index (χ4n) is 1.21. The Morgan fingerprint density at radius 3 is 2.13 bits per heavy atom. The molecule has 1 rings (SSSR count). The molecule has 0 bridgehead atoms. The molecule has 0 aliphatic carbocycles. The standard InChI is InChI=1S/C11H12O4/c1-14-9(10(15-2)11(12)13)8-6-4-3-5-7-8/h3-7H,1-2H3,(H,12,13)/b10-9+. The molecule has 0 saturated heterocycles. The Labute approximate surface area is 87.7 Å². The molecule has 1 N–H and O–H groups in total. The number of ether oxygens (including phenoxy) is 2. The highest BCUT2D eigenvalue weighted by Gasteiger charge is 2.17. The van der Waals surface area contributed by atoms with Crippen LogP contribution in [0.4, 0.5) is 0 Å². The Kier molecular flexibility index (Phi) is 3.74. The monoisotopic (exact) mass is 208 g/mol. The van der Waals surface area contributed by atoms with Crippen molar-refractivity contribution in [1.82, 2.24) is 0 Å². The molecule has 15 heavy (non-hydrogen) atoms. The summed E-state index contributed by atoms with van der Waals surface area (Å²) in [4.78, 5) is 10.8. The predicted octanol–water partition coefficient (Wildman–Crippen LogP) is 1.73. The maximum Gasteiger partial charge on any atom is 0.375 e. The summed E-state index contributed by atoms with van der Waals surface area (Å²) in [5.74, 6) is -1.15. The molecule has 0 aliphatic heterocycles. The summed E-state index contributed by atoms with van der Waals surface area (Å²) in [5, 5.41) is 8.87. The van der Waals surface area contributed by atoms with E-state index in [1.165, 1.54) is 14.2 Å². The van der Waals surface area contributed by atoms with Gasteiger partial charge in [0.25, 0.3) is 0 Å². The van der Waals surface area contributed by atoms with Gasteiger partial charge < -0.3 is 14.6 Å². The van der Waals surface area contributed by atoms with Gasteiger partial charge in [0.1, 0.15) is 0 Å². The van der Waals surface area contributed by atoms with Crippen molar-refractivity contribution in [1.29, 1.82) is 0 Å². The van der Waals surface area contributed by atoms with Gasteiger partial charge in [-0.3, -0.25) is 0 Å². The molecule has 4 nitrogen and oxygen atoms in total. The summed E-state index contributed by atoms with van der Waals surface area (Å²) in [6, 6.07) is 8.93. The van der Waals surface area contributed by atoms with Crippen molar-refractivity contribution in [2.75, 3.05) is 14.2 Å². The van der Waals surface area contributed by atoms with Gasteiger partial charge in [-0.25, -0.2) is 4.79 Å². The van der Waals surface area contributed by atoms with Crippen LogP contribution in [0.5, 0.6) is 0 Å². The predicted molar refractivity (Wildman–Crippen MR) is 55.0 cm³/mol. The maximum atomic E-state index is 10.8. The minimum absolute atomic E-state index is 0.205. The van der Waals surface area contributed by atoms with E-state index < -0.39 is 5.97 Å². The van der Waals surface area contributed by atoms with Crippen molar-refractivity contribution < 1.29 is 19.4 Å². The number of carboxylic acids is 1. The molecule has 0 fully saturated rings. The van der Waals surface area contributed by atoms with Crippen molar-refractivity contribution in [3.63, 3.8) is 0 Å². The van der Waals surface area contributed by atoms with Crippen molar-refractivity contribution >= 4 is 11.7 Å². The Hall–Kier alpha value is -1.97. The SMILES string of the molecule is CO/C(C(=O)O)=C(/OC)c1ccccc1. The summed E-state index contributed by atoms with van der Waals surface area (Å²) in [7, 11) is 2.70. The summed E-state index contributed by atoms with van der Waals surface area (Å²) >= 11 is 0. The fraction of sp³-hybridized carbons (Fsp3) is 0.182. The second-order valence-corrected chi connectivity index (χ2v) is 2.74. The molecule has 0 spiro atoms. The van der Waals surface area contributed by atoms with Gasteiger partial charge in [-0.05, 0) is 0 Å². The van der Waals surface area contributed by atoms with Crippen molar-refractivity contribution in [2.45, 2.75) is 0 Å². The van der Waals surface area contributed by atoms with E-state index in [4.69, 9.17) is 14.6 Å². The van der Waals surface area contributed by atoms with Crippen molar-refractivity contribution in [3.8, 4) is 0 Å². The Bertz CT molecular complexity index is 367. The van der Waals surface area contributed by atoms with Gasteiger partial charge in [0.05, 0.1) is 14.2 Å². The lowest BCUT2D eigenvalue weighted by Gasteiger charge is -2.09. The van der Waals surface area contributed by atoms with Crippen LogP contribution in [-0.2, 0) is 14.3 Å². The van der Waals surface area contributed by atoms with Crippen molar-refractivity contribution in [3.05, 3.63) is 41.7 Å². The largest absolute Gasteiger partial charge is 0.492 e. The molecule has 1 aromatic rings. The van der Waals surface area contributed by atoms with E-state index in [1.807, 2.05) is 6.07 Å². The minimum Gasteiger partial charge on any atom is -0.492 e. The molecule has 80 valence electrons. The third kappa shape index (κ3) is 2.49. The number of hydrogen-bond acceptors (Lipinski definition) is 3. The molecule has 0 amide bonds. The maximum absolute atomic E-state index is 10.8. The lowest BCUT2D eigenvalue weighted by Crippen LogP contribution is -2.07. The number of rotatable bonds is 4. The second-order valence-electron chi connectivity index (χ2n) is 2.74. The van der Waals surface area contributed by atoms with Crippen LogP contribution in [-0.4, -0.2) is 25.3 Å². The topological polar surface area (TPSA) is 55.8 Å². The van der Waals surface area contributed by atoms with Crippen LogP contribution >= 0.6 is 0 Å². The van der Waals surface area contributed by atoms with Crippen LogP contribution in [0.1, 0.15) is 5.56 Å². The number of carbonyl (C=O) groups is 1. The fourth-order valence-corrected chi connectivity index (χ4v) is 1.21. The van der Waals surface area contributed by atoms with Crippen LogP contribution in [0.3, 0.4) is 0 Å². The number of benzene rings is 1. The highest BCUT2D eigenvalue weighted by molar-refractivity contribution is 5.92. The Balaban J connectivity index is 3.23. The van der Waals surface area contributed by atoms with Gasteiger partial charge in [0, 0.05) is 5.56 Å². The zero-order valence-corrected chi connectivity index (χ0v) is 8.56. The summed E-state index contributed by atoms with van der Waals surface area (Å²) in [6.07, 6.45) is 0. The van der Waals surface area contributed by atoms with E-state index in [-0.39, 0.29) is 11.5 Å². The van der Waals surface area contributed by atoms with E-state index in [0.29, 0.717) is 5.56 Å². The molecule has 0 aliphatic rings. The average molecular weight is 208 g/mol. The molecule has 0 unspecified atom stereocenters. The normalized spacial score (nSPS) is 11.6. The number of methoxy groups -OCH3 is 2. The smallest absolute Gasteiger partial charge is 0.375 e. The molecular formula is C11H12O4. The third-order valence-electron chi connectivity index (χ3n) is 1.84. The first-order chi connectivity index (χ1) is 7.20. The minimum atomic E-state index is -1.15. The van der Waals surface area contributed by atoms with Gasteiger partial charge in [0.2, 0.25) is 5.76 Å². The van der Waals surface area contributed by atoms with Crippen LogP contribution in [0.25, 0.3) is 5.76 Å². The van der Waals surface area contributed by atoms with E-state index in [9.17, 15) is 4.79 Å². The number of carboxylic acid groups (broad SMARTS) is 1. The average Bonchev–Trinajstić information content (AvgIpc) is 2.26. The highest BCUT2D eigenvalue weighted by atomic mass is 16.5. The van der Waals surface area contributed by atoms with E-state index in [1.54, 1.807) is 24.3 Å². The van der Waals surface area contributed by atoms with Crippen LogP contribution in [0.2, 0.25) is 0 Å². The van der Waals surface area contributed by atoms with Gasteiger partial charge in [0.15, 0.2) is 5.76 Å². The number of hydrogen-bond donors (Lipinski definition) is 1. The highest BCUT2D eigenvalue weighted by Crippen LogP contribution is 2.19. The zero-order valence-electron chi connectivity index (χ0n) is 8.56. The second kappa shape index (κ2) is 5.05. The molecular weight excluding hydrogens is 196 g/mol. The van der Waals surface area contributed by atoms with E-state index in [2.05, 4.69) is 0 Å². The molecule has 0 radical (unpaired) electrons. The molecule has 1 aromatic carbocycles. The first-order valence-corrected chi connectivity index (χ1v) is 4.31. The molecule has 0 aromatic heterocycles. The van der Waals surface area contributed by atoms with Crippen LogP contribution in [0.15, 0.2) is 36.1 Å². The van der Waals surface area contributed by atoms with E-state index in [0.717, 1.165) is 0 Å². The van der Waals surface area contributed by atoms with Crippen molar-refractivity contribution in [2.24, 2.45) is 0 Å². The molecule has 0 saturated carbocycles. The summed E-state index contributed by atoms with van der Waals surface area (Å²) < 4.78 is 9.80. The molecule has 4 heteroatoms.